The lowest BCUT2D eigenvalue weighted by molar-refractivity contribution is -0.117. The van der Waals surface area contributed by atoms with Gasteiger partial charge in [0.15, 0.2) is 0 Å². The molecule has 96 valence electrons. The van der Waals surface area contributed by atoms with Crippen LogP contribution in [0.4, 0.5) is 10.1 Å². The molecule has 5 heteroatoms. The Labute approximate surface area is 114 Å². The highest BCUT2D eigenvalue weighted by molar-refractivity contribution is 6.31. The van der Waals surface area contributed by atoms with Gasteiger partial charge >= 0.3 is 0 Å². The Hall–Kier alpha value is -1.94. The minimum absolute atomic E-state index is 0.222. The zero-order valence-corrected chi connectivity index (χ0v) is 10.8. The van der Waals surface area contributed by atoms with Crippen LogP contribution in [0.3, 0.4) is 0 Å². The van der Waals surface area contributed by atoms with Crippen molar-refractivity contribution >= 4 is 23.2 Å². The summed E-state index contributed by atoms with van der Waals surface area (Å²) in [4.78, 5) is 16.3. The van der Waals surface area contributed by atoms with E-state index in [4.69, 9.17) is 11.6 Å². The maximum Gasteiger partial charge on any atom is 0.233 e. The van der Waals surface area contributed by atoms with Gasteiger partial charge in [-0.25, -0.2) is 4.39 Å². The highest BCUT2D eigenvalue weighted by Crippen LogP contribution is 2.39. The molecule has 2 heterocycles. The number of hydrogen-bond donors (Lipinski definition) is 1. The van der Waals surface area contributed by atoms with E-state index < -0.39 is 11.7 Å². The molecule has 0 bridgehead atoms. The van der Waals surface area contributed by atoms with Gasteiger partial charge in [0.1, 0.15) is 5.82 Å². The highest BCUT2D eigenvalue weighted by atomic mass is 35.5. The lowest BCUT2D eigenvalue weighted by atomic mass is 9.97. The molecule has 0 saturated carbocycles. The summed E-state index contributed by atoms with van der Waals surface area (Å²) in [6.45, 7) is 1.74. The lowest BCUT2D eigenvalue weighted by Crippen LogP contribution is -2.17. The minimum Gasteiger partial charge on any atom is -0.325 e. The second-order valence-electron chi connectivity index (χ2n) is 4.46. The van der Waals surface area contributed by atoms with Crippen LogP contribution < -0.4 is 5.32 Å². The number of nitrogens with one attached hydrogen (secondary N) is 1. The smallest absolute Gasteiger partial charge is 0.233 e. The van der Waals surface area contributed by atoms with Gasteiger partial charge in [-0.05, 0) is 25.1 Å². The first-order valence-electron chi connectivity index (χ1n) is 5.83. The van der Waals surface area contributed by atoms with Crippen molar-refractivity contribution in [3.05, 3.63) is 47.0 Å². The van der Waals surface area contributed by atoms with Crippen molar-refractivity contribution in [3.63, 3.8) is 0 Å². The van der Waals surface area contributed by atoms with E-state index in [0.717, 1.165) is 0 Å². The average Bonchev–Trinajstić information content (AvgIpc) is 2.46. The molecule has 1 aliphatic heterocycles. The number of carbonyl (C=O) groups excluding carboxylic acids is 1. The van der Waals surface area contributed by atoms with Crippen molar-refractivity contribution in [2.24, 2.45) is 0 Å². The fraction of sp³-hybridized carbons (Fsp3) is 0.143. The van der Waals surface area contributed by atoms with Gasteiger partial charge < -0.3 is 5.32 Å². The number of anilines is 1. The molecule has 1 aromatic heterocycles. The van der Waals surface area contributed by atoms with E-state index in [0.29, 0.717) is 22.5 Å². The third-order valence-electron chi connectivity index (χ3n) is 3.22. The van der Waals surface area contributed by atoms with E-state index in [1.807, 2.05) is 0 Å². The molecular formula is C14H10ClFN2O. The van der Waals surface area contributed by atoms with E-state index in [1.54, 1.807) is 31.3 Å². The molecule has 0 fully saturated rings. The van der Waals surface area contributed by atoms with Crippen molar-refractivity contribution in [2.45, 2.75) is 12.8 Å². The SMILES string of the molecule is CC1C(=O)Nc2cc(Cl)cc(F)c2-c2cccnc21. The van der Waals surface area contributed by atoms with Gasteiger partial charge in [0.2, 0.25) is 5.91 Å². The van der Waals surface area contributed by atoms with Crippen LogP contribution in [0, 0.1) is 5.82 Å². The largest absolute Gasteiger partial charge is 0.325 e. The number of aromatic nitrogens is 1. The van der Waals surface area contributed by atoms with Crippen LogP contribution in [0.1, 0.15) is 18.5 Å². The van der Waals surface area contributed by atoms with E-state index >= 15 is 0 Å². The fourth-order valence-corrected chi connectivity index (χ4v) is 2.49. The summed E-state index contributed by atoms with van der Waals surface area (Å²) in [7, 11) is 0. The first-order valence-corrected chi connectivity index (χ1v) is 6.21. The minimum atomic E-state index is -0.467. The van der Waals surface area contributed by atoms with Crippen LogP contribution in [0.2, 0.25) is 5.02 Å². The van der Waals surface area contributed by atoms with Crippen molar-refractivity contribution in [1.29, 1.82) is 0 Å². The van der Waals surface area contributed by atoms with Crippen molar-refractivity contribution in [1.82, 2.24) is 4.98 Å². The molecule has 0 saturated heterocycles. The standard InChI is InChI=1S/C14H10ClFN2O/c1-7-13-9(3-2-4-17-13)12-10(16)5-8(15)6-11(12)18-14(7)19/h2-7H,1H3,(H,18,19). The van der Waals surface area contributed by atoms with E-state index in [9.17, 15) is 9.18 Å². The molecule has 0 spiro atoms. The summed E-state index contributed by atoms with van der Waals surface area (Å²) < 4.78 is 14.2. The summed E-state index contributed by atoms with van der Waals surface area (Å²) in [6.07, 6.45) is 1.60. The number of carbonyl (C=O) groups is 1. The monoisotopic (exact) mass is 276 g/mol. The van der Waals surface area contributed by atoms with Crippen LogP contribution in [0.15, 0.2) is 30.5 Å². The molecule has 2 aromatic rings. The Morgan fingerprint density at radius 1 is 1.42 bits per heavy atom. The number of rotatable bonds is 0. The van der Waals surface area contributed by atoms with Crippen LogP contribution in [0.25, 0.3) is 11.1 Å². The molecule has 1 atom stereocenters. The number of benzene rings is 1. The van der Waals surface area contributed by atoms with Crippen molar-refractivity contribution < 1.29 is 9.18 Å². The summed E-state index contributed by atoms with van der Waals surface area (Å²) >= 11 is 5.84. The molecule has 3 rings (SSSR count). The van der Waals surface area contributed by atoms with Gasteiger partial charge in [-0.3, -0.25) is 9.78 Å². The molecule has 1 amide bonds. The first-order chi connectivity index (χ1) is 9.08. The van der Waals surface area contributed by atoms with Gasteiger partial charge in [-0.1, -0.05) is 17.7 Å². The number of halogens is 2. The molecule has 19 heavy (non-hydrogen) atoms. The van der Waals surface area contributed by atoms with Gasteiger partial charge in [0.05, 0.1) is 17.3 Å². The molecule has 0 aliphatic carbocycles. The lowest BCUT2D eigenvalue weighted by Gasteiger charge is -2.10. The zero-order valence-electron chi connectivity index (χ0n) is 10.1. The second kappa shape index (κ2) is 4.31. The topological polar surface area (TPSA) is 42.0 Å². The van der Waals surface area contributed by atoms with Crippen LogP contribution in [-0.4, -0.2) is 10.9 Å². The highest BCUT2D eigenvalue weighted by Gasteiger charge is 2.28. The van der Waals surface area contributed by atoms with Gasteiger partial charge in [-0.15, -0.1) is 0 Å². The molecule has 1 N–H and O–H groups in total. The number of amides is 1. The Morgan fingerprint density at radius 2 is 2.21 bits per heavy atom. The summed E-state index contributed by atoms with van der Waals surface area (Å²) in [5.41, 5.74) is 1.91. The van der Waals surface area contributed by atoms with Gasteiger partial charge in [-0.2, -0.15) is 0 Å². The summed E-state index contributed by atoms with van der Waals surface area (Å²) in [5, 5.41) is 2.94. The molecule has 1 unspecified atom stereocenters. The second-order valence-corrected chi connectivity index (χ2v) is 4.89. The predicted molar refractivity (Wildman–Crippen MR) is 71.7 cm³/mol. The summed E-state index contributed by atoms with van der Waals surface area (Å²) in [6, 6.07) is 6.26. The molecular weight excluding hydrogens is 267 g/mol. The van der Waals surface area contributed by atoms with Crippen molar-refractivity contribution in [2.75, 3.05) is 5.32 Å². The Balaban J connectivity index is 2.38. The predicted octanol–water partition coefficient (Wildman–Crippen LogP) is 3.60. The van der Waals surface area contributed by atoms with Gasteiger partial charge in [0, 0.05) is 22.3 Å². The molecule has 3 nitrogen and oxygen atoms in total. The van der Waals surface area contributed by atoms with Gasteiger partial charge in [0.25, 0.3) is 0 Å². The average molecular weight is 277 g/mol. The molecule has 1 aliphatic rings. The normalized spacial score (nSPS) is 17.2. The van der Waals surface area contributed by atoms with Crippen LogP contribution in [0.5, 0.6) is 0 Å². The maximum atomic E-state index is 14.2. The van der Waals surface area contributed by atoms with Crippen molar-refractivity contribution in [3.8, 4) is 11.1 Å². The van der Waals surface area contributed by atoms with Crippen LogP contribution in [-0.2, 0) is 4.79 Å². The van der Waals surface area contributed by atoms with Crippen LogP contribution >= 0.6 is 11.6 Å². The van der Waals surface area contributed by atoms with E-state index in [1.165, 1.54) is 6.07 Å². The quantitative estimate of drug-likeness (QED) is 0.799. The third-order valence-corrected chi connectivity index (χ3v) is 3.44. The fourth-order valence-electron chi connectivity index (χ4n) is 2.29. The maximum absolute atomic E-state index is 14.2. The Bertz CT molecular complexity index is 687. The number of pyridine rings is 1. The number of hydrogen-bond acceptors (Lipinski definition) is 2. The Morgan fingerprint density at radius 3 is 3.00 bits per heavy atom. The third kappa shape index (κ3) is 1.88. The number of nitrogens with zero attached hydrogens (tertiary/aromatic N) is 1. The number of fused-ring (bicyclic) bond motifs is 3. The Kier molecular flexibility index (Phi) is 2.75. The summed E-state index contributed by atoms with van der Waals surface area (Å²) in [5.74, 6) is -1.13. The molecule has 0 radical (unpaired) electrons. The van der Waals surface area contributed by atoms with E-state index in [-0.39, 0.29) is 10.9 Å². The first kappa shape index (κ1) is 12.1. The zero-order chi connectivity index (χ0) is 13.6. The molecule has 1 aromatic carbocycles. The van der Waals surface area contributed by atoms with E-state index in [2.05, 4.69) is 10.3 Å².